The fourth-order valence-corrected chi connectivity index (χ4v) is 3.35. The zero-order chi connectivity index (χ0) is 10.9. The monoisotopic (exact) mass is 318 g/mol. The van der Waals surface area contributed by atoms with Crippen LogP contribution in [0.3, 0.4) is 0 Å². The molecule has 0 radical (unpaired) electrons. The van der Waals surface area contributed by atoms with Gasteiger partial charge in [0.25, 0.3) is 0 Å². The molecule has 0 nitrogen and oxygen atoms in total. The molecule has 2 heteroatoms. The van der Waals surface area contributed by atoms with Gasteiger partial charge in [-0.3, -0.25) is 0 Å². The van der Waals surface area contributed by atoms with Crippen molar-refractivity contribution in [1.29, 1.82) is 0 Å². The maximum atomic E-state index is 3.57. The quantitative estimate of drug-likeness (QED) is 0.692. The molecule has 0 aliphatic rings. The van der Waals surface area contributed by atoms with Crippen molar-refractivity contribution in [2.24, 2.45) is 0 Å². The normalized spacial score (nSPS) is 10.7. The Bertz CT molecular complexity index is 319. The summed E-state index contributed by atoms with van der Waals surface area (Å²) in [6.45, 7) is 8.85. The third kappa shape index (κ3) is 1.92. The summed E-state index contributed by atoms with van der Waals surface area (Å²) < 4.78 is 0. The van der Waals surface area contributed by atoms with Gasteiger partial charge in [0.2, 0.25) is 0 Å². The SMILES string of the molecule is Cc1c(C)c(C)c(CBr)c(CBr)c1C. The Morgan fingerprint density at radius 2 is 0.929 bits per heavy atom. The number of hydrogen-bond acceptors (Lipinski definition) is 0. The highest BCUT2D eigenvalue weighted by molar-refractivity contribution is 9.09. The molecule has 0 unspecified atom stereocenters. The number of rotatable bonds is 2. The topological polar surface area (TPSA) is 0 Å². The lowest BCUT2D eigenvalue weighted by Crippen LogP contribution is -2.02. The summed E-state index contributed by atoms with van der Waals surface area (Å²) in [6, 6.07) is 0. The molecule has 0 fully saturated rings. The summed E-state index contributed by atoms with van der Waals surface area (Å²) in [6.07, 6.45) is 0. The second kappa shape index (κ2) is 4.80. The number of alkyl halides is 2. The van der Waals surface area contributed by atoms with Crippen molar-refractivity contribution in [3.63, 3.8) is 0 Å². The lowest BCUT2D eigenvalue weighted by atomic mass is 9.90. The van der Waals surface area contributed by atoms with E-state index in [9.17, 15) is 0 Å². The van der Waals surface area contributed by atoms with Gasteiger partial charge >= 0.3 is 0 Å². The first-order valence-electron chi connectivity index (χ1n) is 4.74. The van der Waals surface area contributed by atoms with Crippen LogP contribution in [0.25, 0.3) is 0 Å². The fraction of sp³-hybridized carbons (Fsp3) is 0.500. The van der Waals surface area contributed by atoms with Crippen molar-refractivity contribution in [3.8, 4) is 0 Å². The maximum Gasteiger partial charge on any atom is 0.0288 e. The first-order valence-corrected chi connectivity index (χ1v) is 6.98. The Hall–Kier alpha value is 0.180. The summed E-state index contributed by atoms with van der Waals surface area (Å²) in [7, 11) is 0. The van der Waals surface area contributed by atoms with E-state index in [0.717, 1.165) is 10.7 Å². The van der Waals surface area contributed by atoms with Crippen LogP contribution in [-0.4, -0.2) is 0 Å². The molecule has 0 aromatic heterocycles. The molecule has 0 aliphatic heterocycles. The van der Waals surface area contributed by atoms with Gasteiger partial charge in [-0.2, -0.15) is 0 Å². The lowest BCUT2D eigenvalue weighted by molar-refractivity contribution is 1.12. The van der Waals surface area contributed by atoms with Gasteiger partial charge in [-0.15, -0.1) is 0 Å². The Kier molecular flexibility index (Phi) is 4.20. The highest BCUT2D eigenvalue weighted by Crippen LogP contribution is 2.29. The third-order valence-electron chi connectivity index (χ3n) is 3.22. The van der Waals surface area contributed by atoms with Crippen molar-refractivity contribution in [2.75, 3.05) is 0 Å². The first kappa shape index (κ1) is 12.3. The molecule has 0 saturated carbocycles. The van der Waals surface area contributed by atoms with Gasteiger partial charge in [0.15, 0.2) is 0 Å². The van der Waals surface area contributed by atoms with Crippen LogP contribution in [0, 0.1) is 27.7 Å². The summed E-state index contributed by atoms with van der Waals surface area (Å²) in [4.78, 5) is 0. The molecular formula is C12H16Br2. The molecular weight excluding hydrogens is 304 g/mol. The van der Waals surface area contributed by atoms with E-state index in [1.807, 2.05) is 0 Å². The Labute approximate surface area is 103 Å². The average Bonchev–Trinajstić information content (AvgIpc) is 2.20. The summed E-state index contributed by atoms with van der Waals surface area (Å²) >= 11 is 7.14. The van der Waals surface area contributed by atoms with Crippen LogP contribution >= 0.6 is 31.9 Å². The van der Waals surface area contributed by atoms with E-state index in [1.54, 1.807) is 0 Å². The van der Waals surface area contributed by atoms with Crippen LogP contribution in [-0.2, 0) is 10.7 Å². The molecule has 0 amide bonds. The zero-order valence-electron chi connectivity index (χ0n) is 9.17. The van der Waals surface area contributed by atoms with Gasteiger partial charge in [0.1, 0.15) is 0 Å². The van der Waals surface area contributed by atoms with E-state index in [1.165, 1.54) is 33.4 Å². The second-order valence-electron chi connectivity index (χ2n) is 3.72. The van der Waals surface area contributed by atoms with Gasteiger partial charge in [-0.05, 0) is 61.1 Å². The van der Waals surface area contributed by atoms with Crippen molar-refractivity contribution >= 4 is 31.9 Å². The predicted octanol–water partition coefficient (Wildman–Crippen LogP) is 4.71. The molecule has 0 bridgehead atoms. The number of benzene rings is 1. The van der Waals surface area contributed by atoms with Crippen LogP contribution in [0.1, 0.15) is 33.4 Å². The molecule has 0 saturated heterocycles. The van der Waals surface area contributed by atoms with E-state index in [0.29, 0.717) is 0 Å². The Morgan fingerprint density at radius 3 is 1.14 bits per heavy atom. The smallest absolute Gasteiger partial charge is 0.0288 e. The van der Waals surface area contributed by atoms with E-state index in [-0.39, 0.29) is 0 Å². The van der Waals surface area contributed by atoms with Gasteiger partial charge < -0.3 is 0 Å². The number of hydrogen-bond donors (Lipinski definition) is 0. The minimum absolute atomic E-state index is 0.946. The lowest BCUT2D eigenvalue weighted by Gasteiger charge is -2.18. The predicted molar refractivity (Wildman–Crippen MR) is 70.7 cm³/mol. The minimum Gasteiger partial charge on any atom is -0.0876 e. The molecule has 78 valence electrons. The van der Waals surface area contributed by atoms with Gasteiger partial charge in [0.05, 0.1) is 0 Å². The highest BCUT2D eigenvalue weighted by Gasteiger charge is 2.12. The Morgan fingerprint density at radius 1 is 0.643 bits per heavy atom. The van der Waals surface area contributed by atoms with Crippen molar-refractivity contribution in [2.45, 2.75) is 38.4 Å². The standard InChI is InChI=1S/C12H16Br2/c1-7-8(2)10(4)12(6-14)11(5-13)9(7)3/h5-6H2,1-4H3. The summed E-state index contributed by atoms with van der Waals surface area (Å²) in [5.74, 6) is 0. The molecule has 0 aliphatic carbocycles. The minimum atomic E-state index is 0.946. The largest absolute Gasteiger partial charge is 0.0876 e. The molecule has 1 aromatic carbocycles. The molecule has 0 heterocycles. The van der Waals surface area contributed by atoms with Crippen molar-refractivity contribution in [1.82, 2.24) is 0 Å². The van der Waals surface area contributed by atoms with Crippen molar-refractivity contribution in [3.05, 3.63) is 33.4 Å². The fourth-order valence-electron chi connectivity index (χ4n) is 1.83. The second-order valence-corrected chi connectivity index (χ2v) is 4.85. The van der Waals surface area contributed by atoms with E-state index in [2.05, 4.69) is 59.6 Å². The van der Waals surface area contributed by atoms with Crippen LogP contribution in [0.5, 0.6) is 0 Å². The van der Waals surface area contributed by atoms with Gasteiger partial charge in [-0.1, -0.05) is 31.9 Å². The number of halogens is 2. The van der Waals surface area contributed by atoms with Gasteiger partial charge in [0, 0.05) is 10.7 Å². The first-order chi connectivity index (χ1) is 6.54. The van der Waals surface area contributed by atoms with Crippen LogP contribution < -0.4 is 0 Å². The highest BCUT2D eigenvalue weighted by atomic mass is 79.9. The summed E-state index contributed by atoms with van der Waals surface area (Å²) in [5, 5.41) is 1.89. The van der Waals surface area contributed by atoms with E-state index in [4.69, 9.17) is 0 Å². The van der Waals surface area contributed by atoms with Gasteiger partial charge in [-0.25, -0.2) is 0 Å². The average molecular weight is 320 g/mol. The van der Waals surface area contributed by atoms with Crippen LogP contribution in [0.4, 0.5) is 0 Å². The molecule has 14 heavy (non-hydrogen) atoms. The zero-order valence-corrected chi connectivity index (χ0v) is 12.3. The van der Waals surface area contributed by atoms with Crippen LogP contribution in [0.2, 0.25) is 0 Å². The summed E-state index contributed by atoms with van der Waals surface area (Å²) in [5.41, 5.74) is 8.62. The Balaban J connectivity index is 3.57. The van der Waals surface area contributed by atoms with E-state index < -0.39 is 0 Å². The molecule has 1 aromatic rings. The van der Waals surface area contributed by atoms with Crippen LogP contribution in [0.15, 0.2) is 0 Å². The van der Waals surface area contributed by atoms with Crippen molar-refractivity contribution < 1.29 is 0 Å². The maximum absolute atomic E-state index is 3.57. The van der Waals surface area contributed by atoms with E-state index >= 15 is 0 Å². The molecule has 0 spiro atoms. The molecule has 0 atom stereocenters. The third-order valence-corrected chi connectivity index (χ3v) is 4.35. The molecule has 1 rings (SSSR count). The molecule has 0 N–H and O–H groups in total.